The Kier molecular flexibility index (Phi) is 6.17. The summed E-state index contributed by atoms with van der Waals surface area (Å²) in [5.74, 6) is 0. The number of nitro benzene ring substituents is 1. The van der Waals surface area contributed by atoms with E-state index in [1.165, 1.54) is 17.3 Å². The summed E-state index contributed by atoms with van der Waals surface area (Å²) in [5, 5.41) is 11.1. The molecule has 0 saturated carbocycles. The van der Waals surface area contributed by atoms with Gasteiger partial charge in [0.1, 0.15) is 0 Å². The van der Waals surface area contributed by atoms with E-state index >= 15 is 0 Å². The third-order valence-electron chi connectivity index (χ3n) is 3.62. The van der Waals surface area contributed by atoms with E-state index in [1.807, 2.05) is 0 Å². The van der Waals surface area contributed by atoms with Crippen LogP contribution in [0.4, 0.5) is 5.69 Å². The molecule has 2 rings (SSSR count). The van der Waals surface area contributed by atoms with E-state index in [2.05, 4.69) is 0 Å². The Morgan fingerprint density at radius 2 is 1.91 bits per heavy atom. The molecule has 10 heteroatoms. The van der Waals surface area contributed by atoms with Crippen LogP contribution in [-0.4, -0.2) is 36.8 Å². The Morgan fingerprint density at radius 3 is 2.41 bits per heavy atom. The van der Waals surface area contributed by atoms with Crippen LogP contribution in [0.2, 0.25) is 5.02 Å². The summed E-state index contributed by atoms with van der Waals surface area (Å²) in [6, 6.07) is 2.31. The summed E-state index contributed by atoms with van der Waals surface area (Å²) < 4.78 is 26.4. The highest BCUT2D eigenvalue weighted by Crippen LogP contribution is 2.31. The molecule has 22 heavy (non-hydrogen) atoms. The van der Waals surface area contributed by atoms with Crippen LogP contribution in [0.1, 0.15) is 18.4 Å². The molecule has 1 aliphatic heterocycles. The lowest BCUT2D eigenvalue weighted by molar-refractivity contribution is -0.385. The number of nitro groups is 1. The van der Waals surface area contributed by atoms with Crippen molar-refractivity contribution in [3.8, 4) is 0 Å². The first-order chi connectivity index (χ1) is 9.73. The number of hydrogen-bond acceptors (Lipinski definition) is 5. The normalized spacial score (nSPS) is 17.0. The van der Waals surface area contributed by atoms with Crippen molar-refractivity contribution in [3.05, 3.63) is 32.8 Å². The molecule has 0 unspecified atom stereocenters. The molecule has 1 heterocycles. The SMILES string of the molecule is Cc1c(Cl)cc(S(=O)(=O)N2CCC(N)CC2)cc1[N+](=O)[O-].Cl. The number of piperidine rings is 1. The molecular weight excluding hydrogens is 353 g/mol. The Labute approximate surface area is 140 Å². The maximum atomic E-state index is 12.5. The zero-order valence-corrected chi connectivity index (χ0v) is 14.2. The van der Waals surface area contributed by atoms with Gasteiger partial charge in [-0.15, -0.1) is 12.4 Å². The van der Waals surface area contributed by atoms with Gasteiger partial charge in [-0.25, -0.2) is 8.42 Å². The zero-order chi connectivity index (χ0) is 15.8. The van der Waals surface area contributed by atoms with Gasteiger partial charge in [-0.2, -0.15) is 4.31 Å². The topological polar surface area (TPSA) is 107 Å². The van der Waals surface area contributed by atoms with E-state index < -0.39 is 14.9 Å². The minimum atomic E-state index is -3.79. The summed E-state index contributed by atoms with van der Waals surface area (Å²) >= 11 is 5.92. The Bertz CT molecular complexity index is 673. The highest BCUT2D eigenvalue weighted by atomic mass is 35.5. The zero-order valence-electron chi connectivity index (χ0n) is 11.9. The second-order valence-electron chi connectivity index (χ2n) is 5.05. The van der Waals surface area contributed by atoms with E-state index in [0.29, 0.717) is 25.9 Å². The van der Waals surface area contributed by atoms with Crippen LogP contribution in [0.15, 0.2) is 17.0 Å². The van der Waals surface area contributed by atoms with Gasteiger partial charge in [-0.3, -0.25) is 10.1 Å². The molecule has 1 fully saturated rings. The minimum Gasteiger partial charge on any atom is -0.328 e. The first-order valence-corrected chi connectivity index (χ1v) is 8.25. The predicted molar refractivity (Wildman–Crippen MR) is 86.1 cm³/mol. The van der Waals surface area contributed by atoms with Gasteiger partial charge >= 0.3 is 0 Å². The third kappa shape index (κ3) is 3.69. The molecule has 0 aliphatic carbocycles. The number of hydrogen-bond donors (Lipinski definition) is 1. The molecular formula is C12H17Cl2N3O4S. The third-order valence-corrected chi connectivity index (χ3v) is 5.89. The monoisotopic (exact) mass is 369 g/mol. The highest BCUT2D eigenvalue weighted by Gasteiger charge is 2.30. The van der Waals surface area contributed by atoms with Crippen molar-refractivity contribution in [3.63, 3.8) is 0 Å². The fourth-order valence-corrected chi connectivity index (χ4v) is 4.04. The number of rotatable bonds is 3. The number of halogens is 2. The lowest BCUT2D eigenvalue weighted by atomic mass is 10.1. The predicted octanol–water partition coefficient (Wildman–Crippen LogP) is 2.09. The van der Waals surface area contributed by atoms with Crippen LogP contribution >= 0.6 is 24.0 Å². The van der Waals surface area contributed by atoms with Crippen LogP contribution in [0.3, 0.4) is 0 Å². The standard InChI is InChI=1S/C12H16ClN3O4S.ClH/c1-8-11(13)6-10(7-12(8)16(17)18)21(19,20)15-4-2-9(14)3-5-15;/h6-7,9H,2-5,14H2,1H3;1H. The maximum absolute atomic E-state index is 12.5. The second-order valence-corrected chi connectivity index (χ2v) is 7.39. The van der Waals surface area contributed by atoms with Gasteiger partial charge in [0, 0.05) is 30.8 Å². The largest absolute Gasteiger partial charge is 0.328 e. The number of nitrogens with zero attached hydrogens (tertiary/aromatic N) is 2. The van der Waals surface area contributed by atoms with Crippen molar-refractivity contribution in [2.75, 3.05) is 13.1 Å². The van der Waals surface area contributed by atoms with Gasteiger partial charge < -0.3 is 5.73 Å². The van der Waals surface area contributed by atoms with E-state index in [4.69, 9.17) is 17.3 Å². The van der Waals surface area contributed by atoms with E-state index in [-0.39, 0.29) is 39.6 Å². The number of sulfonamides is 1. The smallest absolute Gasteiger partial charge is 0.275 e. The Morgan fingerprint density at radius 1 is 1.36 bits per heavy atom. The molecule has 0 aromatic heterocycles. The van der Waals surface area contributed by atoms with E-state index in [9.17, 15) is 18.5 Å². The first kappa shape index (κ1) is 19.1. The maximum Gasteiger partial charge on any atom is 0.275 e. The van der Waals surface area contributed by atoms with Crippen molar-refractivity contribution in [1.29, 1.82) is 0 Å². The minimum absolute atomic E-state index is 0. The van der Waals surface area contributed by atoms with E-state index in [1.54, 1.807) is 0 Å². The van der Waals surface area contributed by atoms with Gasteiger partial charge in [-0.05, 0) is 25.8 Å². The molecule has 1 saturated heterocycles. The molecule has 1 aromatic rings. The summed E-state index contributed by atoms with van der Waals surface area (Å²) in [6.45, 7) is 2.10. The first-order valence-electron chi connectivity index (χ1n) is 6.43. The summed E-state index contributed by atoms with van der Waals surface area (Å²) in [4.78, 5) is 10.2. The van der Waals surface area contributed by atoms with E-state index in [0.717, 1.165) is 6.07 Å². The van der Waals surface area contributed by atoms with Crippen molar-refractivity contribution in [1.82, 2.24) is 4.31 Å². The van der Waals surface area contributed by atoms with Gasteiger partial charge in [-0.1, -0.05) is 11.6 Å². The van der Waals surface area contributed by atoms with Crippen LogP contribution < -0.4 is 5.73 Å². The molecule has 124 valence electrons. The van der Waals surface area contributed by atoms with Crippen molar-refractivity contribution >= 4 is 39.7 Å². The average molecular weight is 370 g/mol. The van der Waals surface area contributed by atoms with Gasteiger partial charge in [0.2, 0.25) is 10.0 Å². The quantitative estimate of drug-likeness (QED) is 0.648. The van der Waals surface area contributed by atoms with Crippen molar-refractivity contribution in [2.45, 2.75) is 30.7 Å². The number of benzene rings is 1. The molecule has 0 radical (unpaired) electrons. The molecule has 7 nitrogen and oxygen atoms in total. The van der Waals surface area contributed by atoms with Gasteiger partial charge in [0.25, 0.3) is 5.69 Å². The number of nitrogens with two attached hydrogens (primary N) is 1. The summed E-state index contributed by atoms with van der Waals surface area (Å²) in [6.07, 6.45) is 1.14. The van der Waals surface area contributed by atoms with Crippen LogP contribution in [0, 0.1) is 17.0 Å². The van der Waals surface area contributed by atoms with Crippen molar-refractivity contribution in [2.24, 2.45) is 5.73 Å². The molecule has 0 bridgehead atoms. The molecule has 2 N–H and O–H groups in total. The molecule has 0 spiro atoms. The van der Waals surface area contributed by atoms with Gasteiger partial charge in [0.05, 0.1) is 14.8 Å². The fraction of sp³-hybridized carbons (Fsp3) is 0.500. The molecule has 1 aliphatic rings. The Balaban J connectivity index is 0.00000242. The fourth-order valence-electron chi connectivity index (χ4n) is 2.24. The highest BCUT2D eigenvalue weighted by molar-refractivity contribution is 7.89. The summed E-state index contributed by atoms with van der Waals surface area (Å²) in [5.41, 5.74) is 5.71. The van der Waals surface area contributed by atoms with Gasteiger partial charge in [0.15, 0.2) is 0 Å². The average Bonchev–Trinajstić information content (AvgIpc) is 2.41. The molecule has 1 aromatic carbocycles. The molecule has 0 atom stereocenters. The lowest BCUT2D eigenvalue weighted by Gasteiger charge is -2.29. The van der Waals surface area contributed by atoms with Crippen LogP contribution in [0.5, 0.6) is 0 Å². The second kappa shape index (κ2) is 7.10. The summed E-state index contributed by atoms with van der Waals surface area (Å²) in [7, 11) is -3.79. The van der Waals surface area contributed by atoms with Crippen LogP contribution in [-0.2, 0) is 10.0 Å². The Hall–Kier alpha value is -0.930. The lowest BCUT2D eigenvalue weighted by Crippen LogP contribution is -2.42. The van der Waals surface area contributed by atoms with Crippen molar-refractivity contribution < 1.29 is 13.3 Å². The van der Waals surface area contributed by atoms with Crippen LogP contribution in [0.25, 0.3) is 0 Å². The molecule has 0 amide bonds.